The lowest BCUT2D eigenvalue weighted by Gasteiger charge is -2.36. The molecule has 0 spiro atoms. The van der Waals surface area contributed by atoms with E-state index < -0.39 is 0 Å². The van der Waals surface area contributed by atoms with Crippen LogP contribution in [0.25, 0.3) is 0 Å². The molecular weight excluding hydrogens is 174 g/mol. The Morgan fingerprint density at radius 2 is 2.07 bits per heavy atom. The van der Waals surface area contributed by atoms with Crippen LogP contribution in [-0.4, -0.2) is 18.8 Å². The highest BCUT2D eigenvalue weighted by Gasteiger charge is 2.29. The predicted octanol–water partition coefficient (Wildman–Crippen LogP) is 2.57. The van der Waals surface area contributed by atoms with Gasteiger partial charge >= 0.3 is 0 Å². The summed E-state index contributed by atoms with van der Waals surface area (Å²) in [5.41, 5.74) is 5.78. The normalized spacial score (nSPS) is 33.6. The minimum absolute atomic E-state index is 0.338. The fourth-order valence-corrected chi connectivity index (χ4v) is 2.43. The zero-order valence-electron chi connectivity index (χ0n) is 9.83. The summed E-state index contributed by atoms with van der Waals surface area (Å²) in [4.78, 5) is 0. The van der Waals surface area contributed by atoms with Gasteiger partial charge in [0.25, 0.3) is 0 Å². The summed E-state index contributed by atoms with van der Waals surface area (Å²) in [5, 5.41) is 0. The molecule has 1 fully saturated rings. The maximum atomic E-state index is 5.95. The van der Waals surface area contributed by atoms with Crippen LogP contribution in [0.2, 0.25) is 0 Å². The highest BCUT2D eigenvalue weighted by molar-refractivity contribution is 4.81. The maximum Gasteiger partial charge on any atom is 0.0621 e. The van der Waals surface area contributed by atoms with Crippen LogP contribution in [-0.2, 0) is 4.74 Å². The molecule has 0 aromatic rings. The van der Waals surface area contributed by atoms with E-state index in [0.29, 0.717) is 18.1 Å². The quantitative estimate of drug-likeness (QED) is 0.755. The summed E-state index contributed by atoms with van der Waals surface area (Å²) in [6.07, 6.45) is 5.86. The minimum atomic E-state index is 0.338. The molecule has 0 aromatic heterocycles. The van der Waals surface area contributed by atoms with E-state index in [-0.39, 0.29) is 0 Å². The van der Waals surface area contributed by atoms with Gasteiger partial charge < -0.3 is 10.5 Å². The summed E-state index contributed by atoms with van der Waals surface area (Å²) < 4.78 is 5.95. The molecule has 1 aliphatic carbocycles. The first kappa shape index (κ1) is 12.0. The molecule has 3 unspecified atom stereocenters. The molecule has 2 N–H and O–H groups in total. The zero-order valence-corrected chi connectivity index (χ0v) is 9.83. The number of ether oxygens (including phenoxy) is 1. The molecule has 3 atom stereocenters. The third-order valence-electron chi connectivity index (χ3n) is 3.36. The second-order valence-corrected chi connectivity index (χ2v) is 4.81. The second-order valence-electron chi connectivity index (χ2n) is 4.81. The third kappa shape index (κ3) is 3.25. The monoisotopic (exact) mass is 199 g/mol. The number of nitrogens with two attached hydrogens (primary N) is 1. The molecule has 1 saturated carbocycles. The lowest BCUT2D eigenvalue weighted by Crippen LogP contribution is -2.37. The molecule has 0 heterocycles. The van der Waals surface area contributed by atoms with Crippen molar-refractivity contribution in [2.75, 3.05) is 6.54 Å². The molecule has 1 rings (SSSR count). The van der Waals surface area contributed by atoms with E-state index in [4.69, 9.17) is 10.5 Å². The van der Waals surface area contributed by atoms with Crippen LogP contribution in [0.15, 0.2) is 0 Å². The van der Waals surface area contributed by atoms with Crippen LogP contribution in [0.3, 0.4) is 0 Å². The molecule has 2 heteroatoms. The molecule has 2 nitrogen and oxygen atoms in total. The summed E-state index contributed by atoms with van der Waals surface area (Å²) in [7, 11) is 0. The van der Waals surface area contributed by atoms with Crippen molar-refractivity contribution in [3.8, 4) is 0 Å². The summed E-state index contributed by atoms with van der Waals surface area (Å²) in [6.45, 7) is 7.29. The van der Waals surface area contributed by atoms with E-state index in [1.807, 2.05) is 0 Å². The lowest BCUT2D eigenvalue weighted by molar-refractivity contribution is -0.0551. The Bertz CT molecular complexity index is 158. The summed E-state index contributed by atoms with van der Waals surface area (Å²) in [6, 6.07) is 0. The number of rotatable bonds is 4. The van der Waals surface area contributed by atoms with Gasteiger partial charge in [-0.05, 0) is 51.5 Å². The SMILES string of the molecule is CCC1CCC(CN)C(OC(C)C)C1. The molecule has 0 aromatic carbocycles. The maximum absolute atomic E-state index is 5.95. The number of hydrogen-bond donors (Lipinski definition) is 1. The van der Waals surface area contributed by atoms with E-state index >= 15 is 0 Å². The molecular formula is C12H25NO. The Morgan fingerprint density at radius 3 is 2.57 bits per heavy atom. The van der Waals surface area contributed by atoms with Crippen molar-refractivity contribution in [1.29, 1.82) is 0 Å². The van der Waals surface area contributed by atoms with Crippen LogP contribution < -0.4 is 5.73 Å². The molecule has 0 saturated heterocycles. The molecule has 84 valence electrons. The third-order valence-corrected chi connectivity index (χ3v) is 3.36. The van der Waals surface area contributed by atoms with Crippen molar-refractivity contribution in [1.82, 2.24) is 0 Å². The van der Waals surface area contributed by atoms with Gasteiger partial charge in [0, 0.05) is 0 Å². The van der Waals surface area contributed by atoms with Gasteiger partial charge in [-0.25, -0.2) is 0 Å². The summed E-state index contributed by atoms with van der Waals surface area (Å²) in [5.74, 6) is 1.46. The zero-order chi connectivity index (χ0) is 10.6. The van der Waals surface area contributed by atoms with Gasteiger partial charge in [0.05, 0.1) is 12.2 Å². The largest absolute Gasteiger partial charge is 0.375 e. The predicted molar refractivity (Wildman–Crippen MR) is 60.2 cm³/mol. The van der Waals surface area contributed by atoms with Gasteiger partial charge in [-0.15, -0.1) is 0 Å². The van der Waals surface area contributed by atoms with Crippen LogP contribution in [0, 0.1) is 11.8 Å². The first-order valence-corrected chi connectivity index (χ1v) is 6.02. The van der Waals surface area contributed by atoms with Crippen LogP contribution in [0.1, 0.15) is 46.5 Å². The van der Waals surface area contributed by atoms with Gasteiger partial charge in [0.15, 0.2) is 0 Å². The average Bonchev–Trinajstić information content (AvgIpc) is 2.16. The molecule has 0 aliphatic heterocycles. The first-order chi connectivity index (χ1) is 6.67. The van der Waals surface area contributed by atoms with Gasteiger partial charge in [-0.3, -0.25) is 0 Å². The van der Waals surface area contributed by atoms with Crippen molar-refractivity contribution in [3.05, 3.63) is 0 Å². The minimum Gasteiger partial charge on any atom is -0.375 e. The molecule has 1 aliphatic rings. The molecule has 0 radical (unpaired) electrons. The van der Waals surface area contributed by atoms with Crippen molar-refractivity contribution in [2.24, 2.45) is 17.6 Å². The lowest BCUT2D eigenvalue weighted by atomic mass is 9.78. The topological polar surface area (TPSA) is 35.2 Å². The van der Waals surface area contributed by atoms with Crippen molar-refractivity contribution < 1.29 is 4.74 Å². The van der Waals surface area contributed by atoms with E-state index in [2.05, 4.69) is 20.8 Å². The van der Waals surface area contributed by atoms with Crippen LogP contribution in [0.4, 0.5) is 0 Å². The van der Waals surface area contributed by atoms with Gasteiger partial charge in [0.2, 0.25) is 0 Å². The molecule has 0 amide bonds. The Hall–Kier alpha value is -0.0800. The number of hydrogen-bond acceptors (Lipinski definition) is 2. The van der Waals surface area contributed by atoms with Crippen molar-refractivity contribution >= 4 is 0 Å². The Morgan fingerprint density at radius 1 is 1.36 bits per heavy atom. The van der Waals surface area contributed by atoms with Crippen molar-refractivity contribution in [2.45, 2.75) is 58.7 Å². The highest BCUT2D eigenvalue weighted by atomic mass is 16.5. The van der Waals surface area contributed by atoms with E-state index in [9.17, 15) is 0 Å². The highest BCUT2D eigenvalue weighted by Crippen LogP contribution is 2.32. The van der Waals surface area contributed by atoms with Gasteiger partial charge in [-0.2, -0.15) is 0 Å². The average molecular weight is 199 g/mol. The Labute approximate surface area is 88.2 Å². The van der Waals surface area contributed by atoms with Crippen LogP contribution in [0.5, 0.6) is 0 Å². The van der Waals surface area contributed by atoms with Crippen LogP contribution >= 0.6 is 0 Å². The molecule has 14 heavy (non-hydrogen) atoms. The molecule has 0 bridgehead atoms. The second kappa shape index (κ2) is 5.72. The van der Waals surface area contributed by atoms with Crippen molar-refractivity contribution in [3.63, 3.8) is 0 Å². The van der Waals surface area contributed by atoms with Gasteiger partial charge in [-0.1, -0.05) is 13.3 Å². The fraction of sp³-hybridized carbons (Fsp3) is 1.00. The Balaban J connectivity index is 2.47. The smallest absolute Gasteiger partial charge is 0.0621 e. The van der Waals surface area contributed by atoms with E-state index in [0.717, 1.165) is 12.5 Å². The fourth-order valence-electron chi connectivity index (χ4n) is 2.43. The Kier molecular flexibility index (Phi) is 4.90. The van der Waals surface area contributed by atoms with E-state index in [1.165, 1.54) is 25.7 Å². The van der Waals surface area contributed by atoms with E-state index in [1.54, 1.807) is 0 Å². The van der Waals surface area contributed by atoms with Gasteiger partial charge in [0.1, 0.15) is 0 Å². The first-order valence-electron chi connectivity index (χ1n) is 6.02. The standard InChI is InChI=1S/C12H25NO/c1-4-10-5-6-11(8-13)12(7-10)14-9(2)3/h9-12H,4-8,13H2,1-3H3. The summed E-state index contributed by atoms with van der Waals surface area (Å²) >= 11 is 0.